The zero-order valence-electron chi connectivity index (χ0n) is 17.5. The number of methoxy groups -OCH3 is 1. The number of nitrogens with zero attached hydrogens (tertiary/aromatic N) is 2. The van der Waals surface area contributed by atoms with Gasteiger partial charge in [-0.1, -0.05) is 24.3 Å². The van der Waals surface area contributed by atoms with E-state index in [9.17, 15) is 9.59 Å². The Morgan fingerprint density at radius 3 is 2.81 bits per heavy atom. The van der Waals surface area contributed by atoms with Crippen LogP contribution in [0.1, 0.15) is 30.1 Å². The third-order valence-electron chi connectivity index (χ3n) is 4.69. The van der Waals surface area contributed by atoms with Gasteiger partial charge in [-0.05, 0) is 43.5 Å². The minimum Gasteiger partial charge on any atom is -0.375 e. The van der Waals surface area contributed by atoms with Crippen molar-refractivity contribution in [3.63, 3.8) is 0 Å². The van der Waals surface area contributed by atoms with Crippen molar-refractivity contribution in [2.24, 2.45) is 5.73 Å². The predicted molar refractivity (Wildman–Crippen MR) is 120 cm³/mol. The molecule has 162 valence electrons. The lowest BCUT2D eigenvalue weighted by molar-refractivity contribution is -0.119. The Morgan fingerprint density at radius 1 is 1.29 bits per heavy atom. The van der Waals surface area contributed by atoms with Gasteiger partial charge in [0.1, 0.15) is 12.4 Å². The van der Waals surface area contributed by atoms with E-state index in [1.807, 2.05) is 19.1 Å². The van der Waals surface area contributed by atoms with Crippen LogP contribution in [0.5, 0.6) is 0 Å². The van der Waals surface area contributed by atoms with Crippen LogP contribution in [0.3, 0.4) is 0 Å². The molecular formula is C22H26N6O3. The molecule has 1 atom stereocenters. The summed E-state index contributed by atoms with van der Waals surface area (Å²) >= 11 is 0. The first kappa shape index (κ1) is 22.0. The van der Waals surface area contributed by atoms with Gasteiger partial charge in [0.05, 0.1) is 5.56 Å². The lowest BCUT2D eigenvalue weighted by atomic mass is 9.99. The summed E-state index contributed by atoms with van der Waals surface area (Å²) in [5, 5.41) is 9.10. The normalized spacial score (nSPS) is 13.8. The van der Waals surface area contributed by atoms with E-state index >= 15 is 0 Å². The van der Waals surface area contributed by atoms with Gasteiger partial charge in [-0.15, -0.1) is 0 Å². The highest BCUT2D eigenvalue weighted by Gasteiger charge is 2.17. The third-order valence-corrected chi connectivity index (χ3v) is 4.69. The molecule has 31 heavy (non-hydrogen) atoms. The maximum Gasteiger partial charge on any atom is 0.254 e. The molecule has 1 heterocycles. The summed E-state index contributed by atoms with van der Waals surface area (Å²) in [6, 6.07) is 7.08. The summed E-state index contributed by atoms with van der Waals surface area (Å²) in [4.78, 5) is 32.2. The maximum absolute atomic E-state index is 11.9. The van der Waals surface area contributed by atoms with Gasteiger partial charge in [0.15, 0.2) is 0 Å². The van der Waals surface area contributed by atoms with Gasteiger partial charge in [0.25, 0.3) is 5.91 Å². The summed E-state index contributed by atoms with van der Waals surface area (Å²) in [5.74, 6) is -0.217. The van der Waals surface area contributed by atoms with E-state index in [2.05, 4.69) is 38.1 Å². The van der Waals surface area contributed by atoms with Crippen LogP contribution in [-0.4, -0.2) is 41.5 Å². The van der Waals surface area contributed by atoms with E-state index in [0.29, 0.717) is 17.2 Å². The number of ether oxygens (including phenoxy) is 1. The molecule has 0 bridgehead atoms. The van der Waals surface area contributed by atoms with Gasteiger partial charge < -0.3 is 26.4 Å². The van der Waals surface area contributed by atoms with Crippen molar-refractivity contribution >= 4 is 35.0 Å². The van der Waals surface area contributed by atoms with Crippen LogP contribution in [0.25, 0.3) is 0 Å². The van der Waals surface area contributed by atoms with Crippen molar-refractivity contribution in [2.45, 2.75) is 25.8 Å². The van der Waals surface area contributed by atoms with E-state index < -0.39 is 5.91 Å². The molecule has 0 unspecified atom stereocenters. The molecule has 2 amide bonds. The number of anilines is 4. The molecule has 1 aliphatic carbocycles. The first-order chi connectivity index (χ1) is 15.0. The zero-order valence-corrected chi connectivity index (χ0v) is 17.5. The highest BCUT2D eigenvalue weighted by atomic mass is 16.5. The molecule has 0 spiro atoms. The SMILES string of the molecule is COCC(=O)Nc1cccc(Nc2ncc(C(N)=O)c(N[C@@H](C)C3=CC=CCC3)n2)c1. The van der Waals surface area contributed by atoms with E-state index in [1.54, 1.807) is 18.2 Å². The largest absolute Gasteiger partial charge is 0.375 e. The van der Waals surface area contributed by atoms with Crippen molar-refractivity contribution in [2.75, 3.05) is 29.7 Å². The quantitative estimate of drug-likeness (QED) is 0.488. The summed E-state index contributed by atoms with van der Waals surface area (Å²) in [7, 11) is 1.46. The van der Waals surface area contributed by atoms with Gasteiger partial charge in [0.2, 0.25) is 11.9 Å². The molecule has 9 heteroatoms. The van der Waals surface area contributed by atoms with Crippen molar-refractivity contribution in [3.8, 4) is 0 Å². The minimum atomic E-state index is -0.610. The van der Waals surface area contributed by atoms with Gasteiger partial charge in [-0.3, -0.25) is 9.59 Å². The number of amides is 2. The lowest BCUT2D eigenvalue weighted by Gasteiger charge is -2.21. The zero-order chi connectivity index (χ0) is 22.2. The van der Waals surface area contributed by atoms with E-state index in [1.165, 1.54) is 18.9 Å². The Bertz CT molecular complexity index is 1020. The van der Waals surface area contributed by atoms with Crippen LogP contribution in [0.2, 0.25) is 0 Å². The van der Waals surface area contributed by atoms with Crippen LogP contribution in [-0.2, 0) is 9.53 Å². The van der Waals surface area contributed by atoms with Crippen LogP contribution in [0.15, 0.2) is 54.3 Å². The average Bonchev–Trinajstić information content (AvgIpc) is 2.74. The fourth-order valence-electron chi connectivity index (χ4n) is 3.14. The van der Waals surface area contributed by atoms with E-state index in [0.717, 1.165) is 12.8 Å². The molecule has 5 N–H and O–H groups in total. The van der Waals surface area contributed by atoms with E-state index in [-0.39, 0.29) is 30.1 Å². The predicted octanol–water partition coefficient (Wildman–Crippen LogP) is 2.98. The van der Waals surface area contributed by atoms with Gasteiger partial charge in [0, 0.05) is 30.7 Å². The van der Waals surface area contributed by atoms with Crippen molar-refractivity contribution < 1.29 is 14.3 Å². The molecule has 9 nitrogen and oxygen atoms in total. The molecule has 1 aromatic heterocycles. The molecule has 2 aromatic rings. The number of hydrogen-bond donors (Lipinski definition) is 4. The van der Waals surface area contributed by atoms with Crippen LogP contribution in [0.4, 0.5) is 23.1 Å². The summed E-state index contributed by atoms with van der Waals surface area (Å²) in [5.41, 5.74) is 8.20. The monoisotopic (exact) mass is 422 g/mol. The van der Waals surface area contributed by atoms with Crippen molar-refractivity contribution in [1.29, 1.82) is 0 Å². The molecular weight excluding hydrogens is 396 g/mol. The number of rotatable bonds is 9. The molecule has 1 aromatic carbocycles. The average molecular weight is 422 g/mol. The van der Waals surface area contributed by atoms with E-state index in [4.69, 9.17) is 10.5 Å². The molecule has 3 rings (SSSR count). The highest BCUT2D eigenvalue weighted by molar-refractivity contribution is 5.97. The fourth-order valence-corrected chi connectivity index (χ4v) is 3.14. The van der Waals surface area contributed by atoms with Gasteiger partial charge >= 0.3 is 0 Å². The second kappa shape index (κ2) is 10.4. The second-order valence-corrected chi connectivity index (χ2v) is 7.08. The number of carbonyl (C=O) groups is 2. The highest BCUT2D eigenvalue weighted by Crippen LogP contribution is 2.23. The van der Waals surface area contributed by atoms with Crippen LogP contribution < -0.4 is 21.7 Å². The number of hydrogen-bond acceptors (Lipinski definition) is 7. The summed E-state index contributed by atoms with van der Waals surface area (Å²) in [6.45, 7) is 1.98. The molecule has 0 aliphatic heterocycles. The lowest BCUT2D eigenvalue weighted by Crippen LogP contribution is -2.23. The standard InChI is InChI=1S/C22H26N6O3/c1-14(15-7-4-3-5-8-15)25-21-18(20(23)30)12-24-22(28-21)27-17-10-6-9-16(11-17)26-19(29)13-31-2/h3-4,6-7,9-12,14H,5,8,13H2,1-2H3,(H2,23,30)(H,26,29)(H2,24,25,27,28)/t14-/m0/s1. The summed E-state index contributed by atoms with van der Waals surface area (Å²) in [6.07, 6.45) is 9.52. The minimum absolute atomic E-state index is 0.0230. The topological polar surface area (TPSA) is 131 Å². The number of nitrogens with one attached hydrogen (secondary N) is 3. The number of primary amides is 1. The Morgan fingerprint density at radius 2 is 2.10 bits per heavy atom. The fraction of sp³-hybridized carbons (Fsp3) is 0.273. The number of aromatic nitrogens is 2. The van der Waals surface area contributed by atoms with Crippen molar-refractivity contribution in [1.82, 2.24) is 9.97 Å². The summed E-state index contributed by atoms with van der Waals surface area (Å²) < 4.78 is 4.82. The van der Waals surface area contributed by atoms with Crippen LogP contribution in [0, 0.1) is 0 Å². The van der Waals surface area contributed by atoms with Gasteiger partial charge in [-0.2, -0.15) is 4.98 Å². The molecule has 1 aliphatic rings. The third kappa shape index (κ3) is 6.13. The first-order valence-electron chi connectivity index (χ1n) is 9.91. The Labute approximate surface area is 180 Å². The smallest absolute Gasteiger partial charge is 0.254 e. The van der Waals surface area contributed by atoms with Crippen molar-refractivity contribution in [3.05, 3.63) is 59.8 Å². The molecule has 0 saturated carbocycles. The Balaban J connectivity index is 1.78. The number of allylic oxidation sites excluding steroid dienone is 3. The number of carbonyl (C=O) groups excluding carboxylic acids is 2. The molecule has 0 saturated heterocycles. The molecule has 0 radical (unpaired) electrons. The maximum atomic E-state index is 11.9. The Kier molecular flexibility index (Phi) is 7.34. The first-order valence-corrected chi connectivity index (χ1v) is 9.91. The van der Waals surface area contributed by atoms with Gasteiger partial charge in [-0.25, -0.2) is 4.98 Å². The van der Waals surface area contributed by atoms with Crippen LogP contribution >= 0.6 is 0 Å². The Hall–Kier alpha value is -3.72. The number of nitrogens with two attached hydrogens (primary N) is 1. The second-order valence-electron chi connectivity index (χ2n) is 7.08. The molecule has 0 fully saturated rings. The number of benzene rings is 1.